The number of benzene rings is 1. The van der Waals surface area contributed by atoms with E-state index in [2.05, 4.69) is 10.6 Å². The maximum atomic E-state index is 12.0. The average Bonchev–Trinajstić information content (AvgIpc) is 2.47. The van der Waals surface area contributed by atoms with Crippen LogP contribution in [0.5, 0.6) is 0 Å². The van der Waals surface area contributed by atoms with Crippen molar-refractivity contribution in [1.29, 1.82) is 0 Å². The zero-order chi connectivity index (χ0) is 15.2. The summed E-state index contributed by atoms with van der Waals surface area (Å²) in [6.45, 7) is 3.93. The maximum Gasteiger partial charge on any atom is 0.251 e. The Morgan fingerprint density at radius 2 is 1.95 bits per heavy atom. The van der Waals surface area contributed by atoms with E-state index in [1.54, 1.807) is 7.11 Å². The number of anilines is 1. The molecule has 0 aromatic heterocycles. The summed E-state index contributed by atoms with van der Waals surface area (Å²) in [4.78, 5) is 12.0. The summed E-state index contributed by atoms with van der Waals surface area (Å²) in [6, 6.07) is 8.36. The van der Waals surface area contributed by atoms with Crippen molar-refractivity contribution >= 4 is 11.6 Å². The Kier molecular flexibility index (Phi) is 5.62. The normalized spacial score (nSPS) is 22.1. The molecule has 0 bridgehead atoms. The molecule has 0 heterocycles. The molecular formula is C17H26N2O2. The number of rotatable bonds is 5. The highest BCUT2D eigenvalue weighted by molar-refractivity contribution is 5.95. The minimum absolute atomic E-state index is 0.0169. The number of carbonyl (C=O) groups is 1. The highest BCUT2D eigenvalue weighted by atomic mass is 16.5. The van der Waals surface area contributed by atoms with Crippen molar-refractivity contribution in [2.24, 2.45) is 0 Å². The van der Waals surface area contributed by atoms with Crippen molar-refractivity contribution in [3.05, 3.63) is 29.8 Å². The van der Waals surface area contributed by atoms with Crippen LogP contribution >= 0.6 is 0 Å². The van der Waals surface area contributed by atoms with Crippen LogP contribution in [0, 0.1) is 0 Å². The minimum Gasteiger partial charge on any atom is -0.382 e. The number of hydrogen-bond donors (Lipinski definition) is 2. The quantitative estimate of drug-likeness (QED) is 0.875. The lowest BCUT2D eigenvalue weighted by atomic mass is 9.93. The molecule has 1 aromatic rings. The van der Waals surface area contributed by atoms with E-state index in [9.17, 15) is 4.79 Å². The van der Waals surface area contributed by atoms with Gasteiger partial charge in [0.2, 0.25) is 0 Å². The van der Waals surface area contributed by atoms with Crippen LogP contribution in [0.4, 0.5) is 5.69 Å². The number of ether oxygens (including phenoxy) is 1. The molecule has 0 atom stereocenters. The number of amides is 1. The van der Waals surface area contributed by atoms with E-state index in [1.165, 1.54) is 0 Å². The van der Waals surface area contributed by atoms with E-state index >= 15 is 0 Å². The Hall–Kier alpha value is -1.55. The van der Waals surface area contributed by atoms with Crippen molar-refractivity contribution in [3.8, 4) is 0 Å². The molecule has 0 aliphatic heterocycles. The fraction of sp³-hybridized carbons (Fsp3) is 0.588. The summed E-state index contributed by atoms with van der Waals surface area (Å²) in [5, 5.41) is 6.46. The third-order valence-electron chi connectivity index (χ3n) is 3.92. The number of carbonyl (C=O) groups excluding carboxylic acids is 1. The van der Waals surface area contributed by atoms with E-state index < -0.39 is 0 Å². The van der Waals surface area contributed by atoms with Crippen LogP contribution < -0.4 is 10.6 Å². The maximum absolute atomic E-state index is 12.0. The van der Waals surface area contributed by atoms with E-state index in [0.29, 0.717) is 17.7 Å². The lowest BCUT2D eigenvalue weighted by molar-refractivity contribution is 0.0682. The Balaban J connectivity index is 1.94. The first kappa shape index (κ1) is 15.8. The standard InChI is InChI=1S/C17H26N2O2/c1-12(2)18-17(20)13-5-4-6-15(11-13)19-14-7-9-16(21-3)10-8-14/h4-6,11-12,14,16,19H,7-10H2,1-3H3,(H,18,20). The van der Waals surface area contributed by atoms with Crippen molar-refractivity contribution in [1.82, 2.24) is 5.32 Å². The van der Waals surface area contributed by atoms with Gasteiger partial charge in [-0.15, -0.1) is 0 Å². The molecule has 0 spiro atoms. The highest BCUT2D eigenvalue weighted by Gasteiger charge is 2.20. The Morgan fingerprint density at radius 3 is 2.57 bits per heavy atom. The van der Waals surface area contributed by atoms with Gasteiger partial charge in [-0.3, -0.25) is 4.79 Å². The van der Waals surface area contributed by atoms with Crippen LogP contribution in [0.2, 0.25) is 0 Å². The summed E-state index contributed by atoms with van der Waals surface area (Å²) in [6.07, 6.45) is 4.83. The topological polar surface area (TPSA) is 50.4 Å². The Labute approximate surface area is 127 Å². The van der Waals surface area contributed by atoms with Gasteiger partial charge in [-0.1, -0.05) is 6.07 Å². The zero-order valence-electron chi connectivity index (χ0n) is 13.2. The summed E-state index contributed by atoms with van der Waals surface area (Å²) in [5.41, 5.74) is 1.73. The molecule has 116 valence electrons. The predicted molar refractivity (Wildman–Crippen MR) is 85.7 cm³/mol. The Morgan fingerprint density at radius 1 is 1.24 bits per heavy atom. The largest absolute Gasteiger partial charge is 0.382 e. The molecule has 1 saturated carbocycles. The van der Waals surface area contributed by atoms with Gasteiger partial charge in [-0.05, 0) is 57.7 Å². The van der Waals surface area contributed by atoms with Gasteiger partial charge in [-0.25, -0.2) is 0 Å². The molecule has 21 heavy (non-hydrogen) atoms. The summed E-state index contributed by atoms with van der Waals surface area (Å²) in [7, 11) is 1.79. The lowest BCUT2D eigenvalue weighted by Crippen LogP contribution is -2.31. The first-order chi connectivity index (χ1) is 10.1. The molecule has 4 heteroatoms. The van der Waals surface area contributed by atoms with Gasteiger partial charge in [0, 0.05) is 30.4 Å². The second-order valence-corrected chi connectivity index (χ2v) is 6.06. The molecular weight excluding hydrogens is 264 g/mol. The van der Waals surface area contributed by atoms with E-state index in [0.717, 1.165) is 31.4 Å². The highest BCUT2D eigenvalue weighted by Crippen LogP contribution is 2.24. The fourth-order valence-electron chi connectivity index (χ4n) is 2.77. The molecule has 1 amide bonds. The summed E-state index contributed by atoms with van der Waals surface area (Å²) < 4.78 is 5.40. The molecule has 0 saturated heterocycles. The van der Waals surface area contributed by atoms with Crippen LogP contribution in [-0.4, -0.2) is 31.2 Å². The van der Waals surface area contributed by atoms with Crippen LogP contribution in [0.3, 0.4) is 0 Å². The SMILES string of the molecule is COC1CCC(Nc2cccc(C(=O)NC(C)C)c2)CC1. The predicted octanol–water partition coefficient (Wildman–Crippen LogP) is 3.19. The average molecular weight is 290 g/mol. The molecule has 1 aromatic carbocycles. The van der Waals surface area contributed by atoms with Gasteiger partial charge >= 0.3 is 0 Å². The van der Waals surface area contributed by atoms with Crippen LogP contribution in [0.25, 0.3) is 0 Å². The molecule has 0 unspecified atom stereocenters. The molecule has 1 aliphatic carbocycles. The van der Waals surface area contributed by atoms with E-state index in [-0.39, 0.29) is 11.9 Å². The minimum atomic E-state index is -0.0169. The third kappa shape index (κ3) is 4.74. The number of hydrogen-bond acceptors (Lipinski definition) is 3. The molecule has 2 N–H and O–H groups in total. The van der Waals surface area contributed by atoms with Crippen molar-refractivity contribution < 1.29 is 9.53 Å². The van der Waals surface area contributed by atoms with Gasteiger partial charge in [0.05, 0.1) is 6.10 Å². The van der Waals surface area contributed by atoms with Gasteiger partial charge < -0.3 is 15.4 Å². The van der Waals surface area contributed by atoms with Crippen molar-refractivity contribution in [2.75, 3.05) is 12.4 Å². The monoisotopic (exact) mass is 290 g/mol. The zero-order valence-corrected chi connectivity index (χ0v) is 13.2. The van der Waals surface area contributed by atoms with E-state index in [1.807, 2.05) is 38.1 Å². The third-order valence-corrected chi connectivity index (χ3v) is 3.92. The molecule has 1 aliphatic rings. The smallest absolute Gasteiger partial charge is 0.251 e. The molecule has 2 rings (SSSR count). The Bertz CT molecular complexity index is 466. The van der Waals surface area contributed by atoms with Crippen molar-refractivity contribution in [2.45, 2.75) is 57.7 Å². The van der Waals surface area contributed by atoms with Gasteiger partial charge in [0.1, 0.15) is 0 Å². The van der Waals surface area contributed by atoms with Crippen molar-refractivity contribution in [3.63, 3.8) is 0 Å². The van der Waals surface area contributed by atoms with E-state index in [4.69, 9.17) is 4.74 Å². The lowest BCUT2D eigenvalue weighted by Gasteiger charge is -2.29. The molecule has 1 fully saturated rings. The van der Waals surface area contributed by atoms with Crippen LogP contribution in [0.15, 0.2) is 24.3 Å². The number of nitrogens with one attached hydrogen (secondary N) is 2. The molecule has 4 nitrogen and oxygen atoms in total. The summed E-state index contributed by atoms with van der Waals surface area (Å²) >= 11 is 0. The number of methoxy groups -OCH3 is 1. The summed E-state index contributed by atoms with van der Waals surface area (Å²) in [5.74, 6) is -0.0169. The first-order valence-corrected chi connectivity index (χ1v) is 7.78. The van der Waals surface area contributed by atoms with Gasteiger partial charge in [0.15, 0.2) is 0 Å². The fourth-order valence-corrected chi connectivity index (χ4v) is 2.77. The first-order valence-electron chi connectivity index (χ1n) is 7.78. The second-order valence-electron chi connectivity index (χ2n) is 6.06. The van der Waals surface area contributed by atoms with Gasteiger partial charge in [0.25, 0.3) is 5.91 Å². The van der Waals surface area contributed by atoms with Crippen LogP contribution in [0.1, 0.15) is 49.9 Å². The van der Waals surface area contributed by atoms with Gasteiger partial charge in [-0.2, -0.15) is 0 Å². The van der Waals surface area contributed by atoms with Crippen LogP contribution in [-0.2, 0) is 4.74 Å². The molecule has 0 radical (unpaired) electrons. The second kappa shape index (κ2) is 7.46.